The maximum atomic E-state index is 4.59. The van der Waals surface area contributed by atoms with E-state index >= 15 is 0 Å². The fourth-order valence-corrected chi connectivity index (χ4v) is 1.61. The average molecular weight is 265 g/mol. The van der Waals surface area contributed by atoms with Crippen LogP contribution in [0.3, 0.4) is 0 Å². The van der Waals surface area contributed by atoms with Gasteiger partial charge in [-0.25, -0.2) is 9.97 Å². The summed E-state index contributed by atoms with van der Waals surface area (Å²) in [7, 11) is 6.05. The van der Waals surface area contributed by atoms with Crippen molar-refractivity contribution >= 4 is 11.6 Å². The normalized spacial score (nSPS) is 11.7. The van der Waals surface area contributed by atoms with Gasteiger partial charge in [0.05, 0.1) is 0 Å². The quantitative estimate of drug-likeness (QED) is 0.772. The van der Waals surface area contributed by atoms with Crippen LogP contribution in [0.2, 0.25) is 0 Å². The van der Waals surface area contributed by atoms with Gasteiger partial charge in [-0.05, 0) is 27.1 Å². The Hall–Kier alpha value is -1.36. The van der Waals surface area contributed by atoms with E-state index in [1.165, 1.54) is 0 Å². The highest BCUT2D eigenvalue weighted by Crippen LogP contribution is 2.22. The highest BCUT2D eigenvalue weighted by atomic mass is 15.1. The molecule has 0 amide bonds. The summed E-state index contributed by atoms with van der Waals surface area (Å²) in [5.74, 6) is 2.60. The van der Waals surface area contributed by atoms with Crippen LogP contribution in [0.4, 0.5) is 11.6 Å². The Balaban J connectivity index is 2.72. The summed E-state index contributed by atoms with van der Waals surface area (Å²) in [5, 5.41) is 6.46. The molecule has 0 unspecified atom stereocenters. The molecule has 0 radical (unpaired) electrons. The topological polar surface area (TPSA) is 53.1 Å². The van der Waals surface area contributed by atoms with E-state index in [1.807, 2.05) is 13.1 Å². The lowest BCUT2D eigenvalue weighted by molar-refractivity contribution is 0.405. The summed E-state index contributed by atoms with van der Waals surface area (Å²) >= 11 is 0. The molecular formula is C14H27N5. The highest BCUT2D eigenvalue weighted by molar-refractivity contribution is 5.47. The van der Waals surface area contributed by atoms with Gasteiger partial charge in [-0.2, -0.15) is 0 Å². The second-order valence-corrected chi connectivity index (χ2v) is 6.05. The molecule has 1 aromatic rings. The van der Waals surface area contributed by atoms with E-state index in [4.69, 9.17) is 0 Å². The van der Waals surface area contributed by atoms with Crippen molar-refractivity contribution in [3.05, 3.63) is 11.9 Å². The van der Waals surface area contributed by atoms with Crippen molar-refractivity contribution in [2.75, 3.05) is 44.9 Å². The molecule has 0 atom stereocenters. The molecule has 5 heteroatoms. The van der Waals surface area contributed by atoms with Crippen molar-refractivity contribution < 1.29 is 0 Å². The summed E-state index contributed by atoms with van der Waals surface area (Å²) in [4.78, 5) is 11.3. The van der Waals surface area contributed by atoms with Crippen molar-refractivity contribution in [3.8, 4) is 0 Å². The van der Waals surface area contributed by atoms with Gasteiger partial charge in [0.1, 0.15) is 17.5 Å². The van der Waals surface area contributed by atoms with Crippen molar-refractivity contribution in [1.29, 1.82) is 0 Å². The molecule has 19 heavy (non-hydrogen) atoms. The second kappa shape index (κ2) is 6.70. The van der Waals surface area contributed by atoms with Gasteiger partial charge in [-0.15, -0.1) is 0 Å². The molecule has 0 bridgehead atoms. The molecular weight excluding hydrogens is 238 g/mol. The zero-order valence-corrected chi connectivity index (χ0v) is 13.0. The number of nitrogens with zero attached hydrogens (tertiary/aromatic N) is 3. The zero-order chi connectivity index (χ0) is 14.5. The first-order valence-corrected chi connectivity index (χ1v) is 6.79. The Kier molecular flexibility index (Phi) is 5.54. The van der Waals surface area contributed by atoms with E-state index < -0.39 is 0 Å². The first-order chi connectivity index (χ1) is 8.82. The third-order valence-electron chi connectivity index (χ3n) is 2.74. The molecule has 0 saturated heterocycles. The first kappa shape index (κ1) is 15.7. The molecule has 0 aliphatic heterocycles. The minimum absolute atomic E-state index is 0.0487. The fraction of sp³-hybridized carbons (Fsp3) is 0.714. The lowest BCUT2D eigenvalue weighted by Crippen LogP contribution is -2.19. The molecule has 5 nitrogen and oxygen atoms in total. The van der Waals surface area contributed by atoms with Gasteiger partial charge in [0.25, 0.3) is 0 Å². The van der Waals surface area contributed by atoms with Gasteiger partial charge in [-0.3, -0.25) is 0 Å². The third kappa shape index (κ3) is 5.42. The van der Waals surface area contributed by atoms with E-state index in [0.29, 0.717) is 0 Å². The standard InChI is InChI=1S/C14H27N5/c1-14(2,3)13-17-11(15-4)10-12(18-13)16-8-7-9-19(5)6/h10H,7-9H2,1-6H3,(H2,15,16,17,18). The number of hydrogen-bond donors (Lipinski definition) is 2. The fourth-order valence-electron chi connectivity index (χ4n) is 1.61. The highest BCUT2D eigenvalue weighted by Gasteiger charge is 2.18. The summed E-state index contributed by atoms with van der Waals surface area (Å²) < 4.78 is 0. The van der Waals surface area contributed by atoms with Crippen molar-refractivity contribution in [3.63, 3.8) is 0 Å². The molecule has 0 spiro atoms. The maximum Gasteiger partial charge on any atom is 0.138 e. The number of anilines is 2. The number of aromatic nitrogens is 2. The molecule has 1 aromatic heterocycles. The molecule has 0 saturated carbocycles. The van der Waals surface area contributed by atoms with Crippen LogP contribution in [0.1, 0.15) is 33.0 Å². The summed E-state index contributed by atoms with van der Waals surface area (Å²) in [6, 6.07) is 1.95. The molecule has 108 valence electrons. The minimum atomic E-state index is -0.0487. The molecule has 0 aliphatic rings. The smallest absolute Gasteiger partial charge is 0.138 e. The Labute approximate surface area is 116 Å². The SMILES string of the molecule is CNc1cc(NCCCN(C)C)nc(C(C)(C)C)n1. The average Bonchev–Trinajstić information content (AvgIpc) is 2.33. The van der Waals surface area contributed by atoms with E-state index in [9.17, 15) is 0 Å². The lowest BCUT2D eigenvalue weighted by atomic mass is 9.96. The largest absolute Gasteiger partial charge is 0.373 e. The molecule has 1 rings (SSSR count). The molecule has 0 aliphatic carbocycles. The van der Waals surface area contributed by atoms with Gasteiger partial charge >= 0.3 is 0 Å². The third-order valence-corrected chi connectivity index (χ3v) is 2.74. The first-order valence-electron chi connectivity index (χ1n) is 6.79. The van der Waals surface area contributed by atoms with E-state index in [0.717, 1.165) is 37.0 Å². The van der Waals surface area contributed by atoms with Crippen LogP contribution in [0.25, 0.3) is 0 Å². The molecule has 0 aromatic carbocycles. The summed E-state index contributed by atoms with van der Waals surface area (Å²) in [6.07, 6.45) is 1.09. The van der Waals surface area contributed by atoms with Crippen molar-refractivity contribution in [2.45, 2.75) is 32.6 Å². The van der Waals surface area contributed by atoms with Crippen molar-refractivity contribution in [1.82, 2.24) is 14.9 Å². The lowest BCUT2D eigenvalue weighted by Gasteiger charge is -2.19. The van der Waals surface area contributed by atoms with Gasteiger partial charge in [0, 0.05) is 25.1 Å². The van der Waals surface area contributed by atoms with Crippen LogP contribution in [-0.2, 0) is 5.41 Å². The van der Waals surface area contributed by atoms with Crippen LogP contribution in [0.15, 0.2) is 6.07 Å². The van der Waals surface area contributed by atoms with E-state index in [-0.39, 0.29) is 5.41 Å². The molecule has 0 fully saturated rings. The zero-order valence-electron chi connectivity index (χ0n) is 13.0. The summed E-state index contributed by atoms with van der Waals surface area (Å²) in [6.45, 7) is 8.36. The van der Waals surface area contributed by atoms with Gasteiger partial charge in [0.15, 0.2) is 0 Å². The monoisotopic (exact) mass is 265 g/mol. The Morgan fingerprint density at radius 3 is 2.32 bits per heavy atom. The van der Waals surface area contributed by atoms with Crippen LogP contribution in [0, 0.1) is 0 Å². The molecule has 2 N–H and O–H groups in total. The predicted molar refractivity (Wildman–Crippen MR) is 81.9 cm³/mol. The van der Waals surface area contributed by atoms with Crippen LogP contribution in [-0.4, -0.2) is 49.1 Å². The summed E-state index contributed by atoms with van der Waals surface area (Å²) in [5.41, 5.74) is -0.0487. The second-order valence-electron chi connectivity index (χ2n) is 6.05. The van der Waals surface area contributed by atoms with Gasteiger partial charge in [-0.1, -0.05) is 20.8 Å². The Morgan fingerprint density at radius 2 is 1.79 bits per heavy atom. The minimum Gasteiger partial charge on any atom is -0.373 e. The number of hydrogen-bond acceptors (Lipinski definition) is 5. The van der Waals surface area contributed by atoms with Crippen molar-refractivity contribution in [2.24, 2.45) is 0 Å². The predicted octanol–water partition coefficient (Wildman–Crippen LogP) is 2.18. The number of nitrogens with one attached hydrogen (secondary N) is 2. The van der Waals surface area contributed by atoms with Crippen LogP contribution in [0.5, 0.6) is 0 Å². The van der Waals surface area contributed by atoms with E-state index in [2.05, 4.69) is 60.4 Å². The van der Waals surface area contributed by atoms with Crippen LogP contribution < -0.4 is 10.6 Å². The van der Waals surface area contributed by atoms with Crippen LogP contribution >= 0.6 is 0 Å². The molecule has 1 heterocycles. The van der Waals surface area contributed by atoms with E-state index in [1.54, 1.807) is 0 Å². The Bertz CT molecular complexity index is 395. The van der Waals surface area contributed by atoms with Gasteiger partial charge < -0.3 is 15.5 Å². The van der Waals surface area contributed by atoms with Gasteiger partial charge in [0.2, 0.25) is 0 Å². The Morgan fingerprint density at radius 1 is 1.16 bits per heavy atom. The number of rotatable bonds is 6. The maximum absolute atomic E-state index is 4.59.